The highest BCUT2D eigenvalue weighted by Crippen LogP contribution is 2.49. The van der Waals surface area contributed by atoms with Gasteiger partial charge in [-0.15, -0.1) is 0 Å². The van der Waals surface area contributed by atoms with E-state index in [2.05, 4.69) is 50.6 Å². The fourth-order valence-corrected chi connectivity index (χ4v) is 13.0. The molecular formula is C44H61ClN4O6S. The summed E-state index contributed by atoms with van der Waals surface area (Å²) in [5, 5.41) is 0.0339. The maximum atomic E-state index is 14.1. The number of amides is 1. The summed E-state index contributed by atoms with van der Waals surface area (Å²) < 4.78 is 50.4. The van der Waals surface area contributed by atoms with Gasteiger partial charge in [0.2, 0.25) is 10.0 Å². The number of benzene rings is 2. The number of hydrogen-bond acceptors (Lipinski definition) is 9. The van der Waals surface area contributed by atoms with Crippen molar-refractivity contribution in [2.45, 2.75) is 94.4 Å². The number of hydrogen-bond donors (Lipinski definition) is 1. The molecule has 7 atom stereocenters. The van der Waals surface area contributed by atoms with Crippen LogP contribution in [0, 0.1) is 17.8 Å². The van der Waals surface area contributed by atoms with E-state index >= 15 is 0 Å². The van der Waals surface area contributed by atoms with E-state index in [1.807, 2.05) is 32.0 Å². The molecule has 3 fully saturated rings. The van der Waals surface area contributed by atoms with Crippen LogP contribution in [-0.2, 0) is 31.3 Å². The number of carbonyl (C=O) groups excluding carboxylic acids is 1. The molecule has 0 radical (unpaired) electrons. The Hall–Kier alpha value is -2.67. The van der Waals surface area contributed by atoms with Crippen LogP contribution in [-0.4, -0.2) is 113 Å². The van der Waals surface area contributed by atoms with E-state index in [9.17, 15) is 13.2 Å². The van der Waals surface area contributed by atoms with Crippen molar-refractivity contribution in [1.29, 1.82) is 0 Å². The Balaban J connectivity index is 1.21. The highest BCUT2D eigenvalue weighted by molar-refractivity contribution is 7.90. The summed E-state index contributed by atoms with van der Waals surface area (Å²) in [6.07, 6.45) is 11.4. The van der Waals surface area contributed by atoms with Gasteiger partial charge in [0.15, 0.2) is 0 Å². The summed E-state index contributed by atoms with van der Waals surface area (Å²) in [4.78, 5) is 21.5. The molecule has 2 aromatic rings. The molecule has 0 aromatic heterocycles. The van der Waals surface area contributed by atoms with Crippen molar-refractivity contribution in [3.63, 3.8) is 0 Å². The number of fused-ring (bicyclic) bond motifs is 5. The number of sulfonamides is 1. The van der Waals surface area contributed by atoms with Gasteiger partial charge in [0, 0.05) is 74.5 Å². The highest BCUT2D eigenvalue weighted by atomic mass is 35.5. The van der Waals surface area contributed by atoms with Gasteiger partial charge in [-0.1, -0.05) is 50.1 Å². The molecule has 1 spiro atoms. The maximum absolute atomic E-state index is 14.1. The Bertz CT molecular complexity index is 1890. The van der Waals surface area contributed by atoms with E-state index in [0.717, 1.165) is 108 Å². The van der Waals surface area contributed by atoms with E-state index in [1.165, 1.54) is 11.1 Å². The Kier molecular flexibility index (Phi) is 11.8. The second-order valence-corrected chi connectivity index (χ2v) is 19.9. The molecule has 56 heavy (non-hydrogen) atoms. The predicted octanol–water partition coefficient (Wildman–Crippen LogP) is 6.46. The van der Waals surface area contributed by atoms with Crippen molar-refractivity contribution in [2.24, 2.45) is 17.8 Å². The lowest BCUT2D eigenvalue weighted by atomic mass is 9.63. The number of anilines is 1. The zero-order chi connectivity index (χ0) is 39.1. The van der Waals surface area contributed by atoms with Crippen molar-refractivity contribution in [2.75, 3.05) is 77.1 Å². The van der Waals surface area contributed by atoms with Gasteiger partial charge in [0.1, 0.15) is 11.4 Å². The number of halogens is 1. The van der Waals surface area contributed by atoms with E-state index in [1.54, 1.807) is 6.07 Å². The highest BCUT2D eigenvalue weighted by Gasteiger charge is 2.50. The number of carbonyl (C=O) groups is 1. The first-order chi connectivity index (χ1) is 27.0. The van der Waals surface area contributed by atoms with Gasteiger partial charge in [-0.25, -0.2) is 13.1 Å². The van der Waals surface area contributed by atoms with Gasteiger partial charge in [-0.05, 0) is 111 Å². The average molecular weight is 810 g/mol. The topological polar surface area (TPSA) is 101 Å². The van der Waals surface area contributed by atoms with Crippen LogP contribution in [0.4, 0.5) is 5.69 Å². The predicted molar refractivity (Wildman–Crippen MR) is 221 cm³/mol. The molecular weight excluding hydrogens is 748 g/mol. The second kappa shape index (κ2) is 16.5. The molecule has 8 rings (SSSR count). The van der Waals surface area contributed by atoms with Crippen molar-refractivity contribution in [3.8, 4) is 5.75 Å². The summed E-state index contributed by atoms with van der Waals surface area (Å²) in [7, 11) is -3.99. The molecule has 2 aromatic carbocycles. The summed E-state index contributed by atoms with van der Waals surface area (Å²) >= 11 is 6.54. The Morgan fingerprint density at radius 3 is 2.75 bits per heavy atom. The third-order valence-electron chi connectivity index (χ3n) is 14.0. The normalized spacial score (nSPS) is 34.2. The summed E-state index contributed by atoms with van der Waals surface area (Å²) in [6.45, 7) is 15.0. The van der Waals surface area contributed by atoms with Crippen LogP contribution in [0.25, 0.3) is 0 Å². The van der Waals surface area contributed by atoms with E-state index in [0.29, 0.717) is 50.0 Å². The first kappa shape index (κ1) is 40.1. The lowest BCUT2D eigenvalue weighted by molar-refractivity contribution is -0.121. The quantitative estimate of drug-likeness (QED) is 0.330. The third kappa shape index (κ3) is 7.90. The number of nitrogens with zero attached hydrogens (tertiary/aromatic N) is 3. The largest absolute Gasteiger partial charge is 0.490 e. The van der Waals surface area contributed by atoms with Crippen LogP contribution in [0.3, 0.4) is 0 Å². The number of ether oxygens (including phenoxy) is 3. The van der Waals surface area contributed by atoms with Gasteiger partial charge in [-0.2, -0.15) is 0 Å². The standard InChI is InChI=1S/C44H61ClN4O6S/c1-4-8-41-31(3)9-6-18-44(55-5-2,29-47-19-20-48-21-22-53-27-36(48)26-47)38-14-11-34(38)25-49-28-43(17-7-10-32-23-35(45)13-15-37(32)43)30-54-40-16-12-33(24-39(40)49)42(50)46-56(41,51)52/h6,12-13,15-16,18,23-24,31,34,36,38,41H,4-5,7-11,14,17,19-22,25-30H2,1-3H3,(H,46,50)/b18-6+/t31-,34-,36-,38+,41+,43-,44-/m0/s1. The second-order valence-electron chi connectivity index (χ2n) is 17.5. The van der Waals surface area contributed by atoms with Crippen molar-refractivity contribution in [1.82, 2.24) is 14.5 Å². The van der Waals surface area contributed by atoms with Crippen LogP contribution < -0.4 is 14.4 Å². The smallest absolute Gasteiger partial charge is 0.264 e. The Morgan fingerprint density at radius 1 is 1.07 bits per heavy atom. The monoisotopic (exact) mass is 808 g/mol. The minimum atomic E-state index is -3.99. The molecule has 0 unspecified atom stereocenters. The minimum absolute atomic E-state index is 0.204. The number of piperazine rings is 1. The molecule has 2 saturated heterocycles. The molecule has 1 saturated carbocycles. The number of rotatable bonds is 6. The number of nitrogens with one attached hydrogen (secondary N) is 1. The molecule has 4 heterocycles. The van der Waals surface area contributed by atoms with Crippen LogP contribution in [0.5, 0.6) is 5.75 Å². The van der Waals surface area contributed by atoms with Crippen LogP contribution in [0.15, 0.2) is 48.6 Å². The first-order valence-electron chi connectivity index (χ1n) is 21.3. The molecule has 306 valence electrons. The SMILES string of the molecule is CCC[C@@H]1[C@@H](C)C/C=C/[C@@](CN2CCN3CCOC[C@@H]3C2)(OCC)[C@@H]2CC[C@H]2CN2C[C@@]3(CCCc4cc(Cl)ccc43)COc3ccc(cc32)C(=O)NS1(=O)=O. The molecule has 10 nitrogen and oxygen atoms in total. The summed E-state index contributed by atoms with van der Waals surface area (Å²) in [5.74, 6) is 0.508. The van der Waals surface area contributed by atoms with Gasteiger partial charge in [0.05, 0.1) is 30.8 Å². The molecule has 4 aliphatic heterocycles. The number of morpholine rings is 1. The summed E-state index contributed by atoms with van der Waals surface area (Å²) in [6, 6.07) is 12.1. The minimum Gasteiger partial charge on any atom is -0.490 e. The fraction of sp³-hybridized carbons (Fsp3) is 0.659. The molecule has 2 bridgehead atoms. The maximum Gasteiger partial charge on any atom is 0.264 e. The van der Waals surface area contributed by atoms with Crippen LogP contribution >= 0.6 is 11.6 Å². The van der Waals surface area contributed by atoms with E-state index in [-0.39, 0.29) is 17.3 Å². The Labute approximate surface area is 339 Å². The lowest BCUT2D eigenvalue weighted by Gasteiger charge is -2.53. The van der Waals surface area contributed by atoms with Crippen LogP contribution in [0.2, 0.25) is 5.02 Å². The fourth-order valence-electron chi connectivity index (χ4n) is 11.0. The molecule has 2 aliphatic carbocycles. The first-order valence-corrected chi connectivity index (χ1v) is 23.2. The number of allylic oxidation sites excluding steroid dienone is 1. The molecule has 1 amide bonds. The van der Waals surface area contributed by atoms with Crippen molar-refractivity contribution < 1.29 is 27.4 Å². The van der Waals surface area contributed by atoms with Gasteiger partial charge in [-0.3, -0.25) is 14.6 Å². The zero-order valence-corrected chi connectivity index (χ0v) is 35.1. The third-order valence-corrected chi connectivity index (χ3v) is 16.2. The van der Waals surface area contributed by atoms with Crippen LogP contribution in [0.1, 0.15) is 87.2 Å². The van der Waals surface area contributed by atoms with Crippen molar-refractivity contribution >= 4 is 33.2 Å². The van der Waals surface area contributed by atoms with Gasteiger partial charge >= 0.3 is 0 Å². The molecule has 6 aliphatic rings. The van der Waals surface area contributed by atoms with Gasteiger partial charge < -0.3 is 19.1 Å². The molecule has 12 heteroatoms. The lowest BCUT2D eigenvalue weighted by Crippen LogP contribution is -2.62. The number of aryl methyl sites for hydroxylation is 1. The van der Waals surface area contributed by atoms with Crippen molar-refractivity contribution in [3.05, 3.63) is 70.3 Å². The van der Waals surface area contributed by atoms with E-state index < -0.39 is 26.8 Å². The Morgan fingerprint density at radius 2 is 1.95 bits per heavy atom. The summed E-state index contributed by atoms with van der Waals surface area (Å²) in [5.41, 5.74) is 2.91. The van der Waals surface area contributed by atoms with E-state index in [4.69, 9.17) is 25.8 Å². The van der Waals surface area contributed by atoms with Gasteiger partial charge in [0.25, 0.3) is 5.91 Å². The zero-order valence-electron chi connectivity index (χ0n) is 33.5. The average Bonchev–Trinajstić information content (AvgIpc) is 3.31. The molecule has 1 N–H and O–H groups in total.